The van der Waals surface area contributed by atoms with Gasteiger partial charge >= 0.3 is 0 Å². The standard InChI is InChI=1S/C14H22N4/c1-9-7-8-16-14-12(9)17-13(18-14)10(2)5-4-6-11(3)15/h7-8,10-11H,4-6,15H2,1-3H3,(H,16,17,18). The fourth-order valence-electron chi connectivity index (χ4n) is 2.17. The molecule has 0 aliphatic rings. The van der Waals surface area contributed by atoms with Crippen molar-refractivity contribution in [3.05, 3.63) is 23.7 Å². The zero-order valence-electron chi connectivity index (χ0n) is 11.4. The number of imidazole rings is 1. The second kappa shape index (κ2) is 5.48. The second-order valence-electron chi connectivity index (χ2n) is 5.26. The Hall–Kier alpha value is -1.42. The number of aryl methyl sites for hydroxylation is 1. The molecule has 0 aromatic carbocycles. The van der Waals surface area contributed by atoms with Gasteiger partial charge < -0.3 is 10.7 Å². The van der Waals surface area contributed by atoms with E-state index in [1.165, 1.54) is 5.56 Å². The lowest BCUT2D eigenvalue weighted by Crippen LogP contribution is -2.14. The highest BCUT2D eigenvalue weighted by molar-refractivity contribution is 5.74. The third-order valence-electron chi connectivity index (χ3n) is 3.38. The Balaban J connectivity index is 2.08. The van der Waals surface area contributed by atoms with Crippen molar-refractivity contribution < 1.29 is 0 Å². The summed E-state index contributed by atoms with van der Waals surface area (Å²) in [5.41, 5.74) is 8.85. The number of nitrogens with zero attached hydrogens (tertiary/aromatic N) is 2. The molecule has 0 fully saturated rings. The van der Waals surface area contributed by atoms with Gasteiger partial charge in [-0.2, -0.15) is 0 Å². The van der Waals surface area contributed by atoms with Crippen molar-refractivity contribution in [3.8, 4) is 0 Å². The zero-order chi connectivity index (χ0) is 13.1. The highest BCUT2D eigenvalue weighted by atomic mass is 15.0. The van der Waals surface area contributed by atoms with E-state index in [0.717, 1.165) is 36.3 Å². The van der Waals surface area contributed by atoms with E-state index in [0.29, 0.717) is 5.92 Å². The van der Waals surface area contributed by atoms with Crippen LogP contribution in [0.25, 0.3) is 11.2 Å². The molecule has 2 atom stereocenters. The maximum atomic E-state index is 5.77. The third-order valence-corrected chi connectivity index (χ3v) is 3.38. The smallest absolute Gasteiger partial charge is 0.177 e. The summed E-state index contributed by atoms with van der Waals surface area (Å²) in [6, 6.07) is 2.29. The third kappa shape index (κ3) is 2.88. The van der Waals surface area contributed by atoms with Crippen molar-refractivity contribution >= 4 is 11.2 Å². The van der Waals surface area contributed by atoms with Crippen LogP contribution in [0.1, 0.15) is 50.4 Å². The van der Waals surface area contributed by atoms with Crippen LogP contribution < -0.4 is 5.73 Å². The predicted octanol–water partition coefficient (Wildman–Crippen LogP) is 2.89. The molecule has 4 heteroatoms. The van der Waals surface area contributed by atoms with Gasteiger partial charge in [-0.15, -0.1) is 0 Å². The van der Waals surface area contributed by atoms with E-state index >= 15 is 0 Å². The molecule has 0 spiro atoms. The summed E-state index contributed by atoms with van der Waals surface area (Å²) in [4.78, 5) is 12.3. The molecule has 2 heterocycles. The molecular formula is C14H22N4. The first-order chi connectivity index (χ1) is 8.58. The van der Waals surface area contributed by atoms with Crippen LogP contribution in [0.3, 0.4) is 0 Å². The average Bonchev–Trinajstić information content (AvgIpc) is 2.74. The molecule has 3 N–H and O–H groups in total. The summed E-state index contributed by atoms with van der Waals surface area (Å²) >= 11 is 0. The molecule has 0 amide bonds. The monoisotopic (exact) mass is 246 g/mol. The zero-order valence-corrected chi connectivity index (χ0v) is 11.4. The lowest BCUT2D eigenvalue weighted by Gasteiger charge is -2.09. The van der Waals surface area contributed by atoms with Crippen molar-refractivity contribution in [2.45, 2.75) is 52.0 Å². The van der Waals surface area contributed by atoms with Crippen molar-refractivity contribution in [2.24, 2.45) is 5.73 Å². The molecule has 98 valence electrons. The maximum Gasteiger partial charge on any atom is 0.177 e. The van der Waals surface area contributed by atoms with Gasteiger partial charge in [-0.25, -0.2) is 9.97 Å². The number of fused-ring (bicyclic) bond motifs is 1. The number of nitrogens with two attached hydrogens (primary N) is 1. The Bertz CT molecular complexity index is 515. The summed E-state index contributed by atoms with van der Waals surface area (Å²) in [6.45, 7) is 6.33. The summed E-state index contributed by atoms with van der Waals surface area (Å²) in [5, 5.41) is 0. The molecule has 0 aliphatic carbocycles. The highest BCUT2D eigenvalue weighted by Gasteiger charge is 2.12. The van der Waals surface area contributed by atoms with Crippen LogP contribution in [-0.4, -0.2) is 21.0 Å². The van der Waals surface area contributed by atoms with Crippen molar-refractivity contribution in [1.82, 2.24) is 15.0 Å². The quantitative estimate of drug-likeness (QED) is 0.852. The van der Waals surface area contributed by atoms with Crippen molar-refractivity contribution in [1.29, 1.82) is 0 Å². The molecule has 0 bridgehead atoms. The predicted molar refractivity (Wildman–Crippen MR) is 74.5 cm³/mol. The van der Waals surface area contributed by atoms with Crippen LogP contribution in [0.4, 0.5) is 0 Å². The highest BCUT2D eigenvalue weighted by Crippen LogP contribution is 2.22. The molecule has 0 saturated heterocycles. The Labute approximate surface area is 108 Å². The molecule has 2 aromatic heterocycles. The summed E-state index contributed by atoms with van der Waals surface area (Å²) in [7, 11) is 0. The van der Waals surface area contributed by atoms with E-state index in [1.54, 1.807) is 0 Å². The van der Waals surface area contributed by atoms with Gasteiger partial charge in [0, 0.05) is 18.2 Å². The van der Waals surface area contributed by atoms with Crippen molar-refractivity contribution in [2.75, 3.05) is 0 Å². The maximum absolute atomic E-state index is 5.77. The minimum atomic E-state index is 0.289. The molecule has 2 unspecified atom stereocenters. The Kier molecular flexibility index (Phi) is 3.97. The molecule has 2 rings (SSSR count). The van der Waals surface area contributed by atoms with Gasteiger partial charge in [0.2, 0.25) is 0 Å². The normalized spacial score (nSPS) is 14.9. The van der Waals surface area contributed by atoms with E-state index in [1.807, 2.05) is 12.3 Å². The first-order valence-corrected chi connectivity index (χ1v) is 6.64. The van der Waals surface area contributed by atoms with Crippen molar-refractivity contribution in [3.63, 3.8) is 0 Å². The fraction of sp³-hybridized carbons (Fsp3) is 0.571. The van der Waals surface area contributed by atoms with Crippen LogP contribution >= 0.6 is 0 Å². The Morgan fingerprint density at radius 3 is 2.78 bits per heavy atom. The minimum absolute atomic E-state index is 0.289. The van der Waals surface area contributed by atoms with Crippen LogP contribution in [-0.2, 0) is 0 Å². The van der Waals surface area contributed by atoms with E-state index in [-0.39, 0.29) is 6.04 Å². The summed E-state index contributed by atoms with van der Waals surface area (Å²) in [5.74, 6) is 1.47. The van der Waals surface area contributed by atoms with E-state index < -0.39 is 0 Å². The molecule has 18 heavy (non-hydrogen) atoms. The lowest BCUT2D eigenvalue weighted by molar-refractivity contribution is 0.546. The number of hydrogen-bond donors (Lipinski definition) is 2. The molecule has 0 aliphatic heterocycles. The largest absolute Gasteiger partial charge is 0.340 e. The lowest BCUT2D eigenvalue weighted by atomic mass is 10.0. The minimum Gasteiger partial charge on any atom is -0.340 e. The molecule has 2 aromatic rings. The SMILES string of the molecule is Cc1ccnc2nc(C(C)CCCC(C)N)[nH]c12. The molecular weight excluding hydrogens is 224 g/mol. The first-order valence-electron chi connectivity index (χ1n) is 6.64. The van der Waals surface area contributed by atoms with Crippen LogP contribution in [0.15, 0.2) is 12.3 Å². The van der Waals surface area contributed by atoms with Crippen LogP contribution in [0.2, 0.25) is 0 Å². The second-order valence-corrected chi connectivity index (χ2v) is 5.26. The van der Waals surface area contributed by atoms with Gasteiger partial charge in [-0.1, -0.05) is 13.3 Å². The number of aromatic amines is 1. The average molecular weight is 246 g/mol. The fourth-order valence-corrected chi connectivity index (χ4v) is 2.17. The number of rotatable bonds is 5. The Morgan fingerprint density at radius 1 is 1.33 bits per heavy atom. The molecule has 0 saturated carbocycles. The Morgan fingerprint density at radius 2 is 2.11 bits per heavy atom. The summed E-state index contributed by atoms with van der Waals surface area (Å²) in [6.07, 6.45) is 5.13. The molecule has 4 nitrogen and oxygen atoms in total. The number of nitrogens with one attached hydrogen (secondary N) is 1. The number of hydrogen-bond acceptors (Lipinski definition) is 3. The molecule has 0 radical (unpaired) electrons. The van der Waals surface area contributed by atoms with E-state index in [4.69, 9.17) is 5.73 Å². The van der Waals surface area contributed by atoms with E-state index in [2.05, 4.69) is 35.7 Å². The first kappa shape index (κ1) is 13.0. The van der Waals surface area contributed by atoms with Gasteiger partial charge in [0.05, 0.1) is 5.52 Å². The number of aromatic nitrogens is 3. The van der Waals surface area contributed by atoms with Crippen LogP contribution in [0, 0.1) is 6.92 Å². The van der Waals surface area contributed by atoms with Gasteiger partial charge in [0.1, 0.15) is 5.82 Å². The number of pyridine rings is 1. The van der Waals surface area contributed by atoms with Crippen LogP contribution in [0.5, 0.6) is 0 Å². The van der Waals surface area contributed by atoms with Gasteiger partial charge in [0.15, 0.2) is 5.65 Å². The van der Waals surface area contributed by atoms with Gasteiger partial charge in [-0.3, -0.25) is 0 Å². The van der Waals surface area contributed by atoms with Gasteiger partial charge in [0.25, 0.3) is 0 Å². The van der Waals surface area contributed by atoms with E-state index in [9.17, 15) is 0 Å². The summed E-state index contributed by atoms with van der Waals surface area (Å²) < 4.78 is 0. The van der Waals surface area contributed by atoms with Gasteiger partial charge in [-0.05, 0) is 38.3 Å². The topological polar surface area (TPSA) is 67.6 Å². The number of H-pyrrole nitrogens is 1.